The zero-order valence-electron chi connectivity index (χ0n) is 13.8. The molecule has 5 nitrogen and oxygen atoms in total. The van der Waals surface area contributed by atoms with E-state index in [1.807, 2.05) is 29.6 Å². The summed E-state index contributed by atoms with van der Waals surface area (Å²) in [6.07, 6.45) is 1.62. The molecule has 1 fully saturated rings. The molecule has 4 rings (SSSR count). The van der Waals surface area contributed by atoms with Crippen LogP contribution in [-0.4, -0.2) is 34.6 Å². The van der Waals surface area contributed by atoms with E-state index in [9.17, 15) is 9.59 Å². The maximum Gasteiger partial charge on any atom is 0.329 e. The van der Waals surface area contributed by atoms with Gasteiger partial charge in [-0.2, -0.15) is 0 Å². The first-order chi connectivity index (χ1) is 12.0. The summed E-state index contributed by atoms with van der Waals surface area (Å²) < 4.78 is 1.42. The lowest BCUT2D eigenvalue weighted by Gasteiger charge is -2.29. The number of nitrogens with one attached hydrogen (secondary N) is 1. The lowest BCUT2D eigenvalue weighted by Crippen LogP contribution is -2.42. The average Bonchev–Trinajstić information content (AvgIpc) is 3.01. The number of aromatic amines is 1. The number of thiophene rings is 1. The predicted molar refractivity (Wildman–Crippen MR) is 103 cm³/mol. The predicted octanol–water partition coefficient (Wildman–Crippen LogP) is 3.34. The van der Waals surface area contributed by atoms with Crippen molar-refractivity contribution in [3.05, 3.63) is 55.5 Å². The van der Waals surface area contributed by atoms with Crippen molar-refractivity contribution in [2.75, 3.05) is 20.1 Å². The molecule has 1 aliphatic heterocycles. The average molecular weight is 376 g/mol. The van der Waals surface area contributed by atoms with Gasteiger partial charge in [0, 0.05) is 22.0 Å². The summed E-state index contributed by atoms with van der Waals surface area (Å²) in [7, 11) is 2.06. The molecule has 0 atom stereocenters. The Hall–Kier alpha value is -1.89. The van der Waals surface area contributed by atoms with Crippen LogP contribution in [0.15, 0.2) is 39.2 Å². The lowest BCUT2D eigenvalue weighted by molar-refractivity contribution is 0.216. The fraction of sp³-hybridized carbons (Fsp3) is 0.333. The van der Waals surface area contributed by atoms with Crippen molar-refractivity contribution < 1.29 is 0 Å². The van der Waals surface area contributed by atoms with E-state index in [1.54, 1.807) is 0 Å². The maximum absolute atomic E-state index is 13.2. The zero-order chi connectivity index (χ0) is 17.6. The second-order valence-corrected chi connectivity index (χ2v) is 7.82. The molecular formula is C18H18ClN3O2S. The maximum atomic E-state index is 13.2. The van der Waals surface area contributed by atoms with Crippen LogP contribution in [0, 0.1) is 0 Å². The van der Waals surface area contributed by atoms with Crippen molar-refractivity contribution in [1.29, 1.82) is 0 Å². The molecule has 2 aromatic heterocycles. The number of rotatable bonds is 2. The van der Waals surface area contributed by atoms with E-state index >= 15 is 0 Å². The number of likely N-dealkylation sites (tertiary alicyclic amines) is 1. The first kappa shape index (κ1) is 16.6. The van der Waals surface area contributed by atoms with Crippen molar-refractivity contribution in [3.8, 4) is 11.1 Å². The van der Waals surface area contributed by atoms with E-state index in [0.29, 0.717) is 15.2 Å². The van der Waals surface area contributed by atoms with Crippen LogP contribution >= 0.6 is 22.9 Å². The van der Waals surface area contributed by atoms with Gasteiger partial charge in [0.15, 0.2) is 0 Å². The quantitative estimate of drug-likeness (QED) is 0.747. The van der Waals surface area contributed by atoms with Gasteiger partial charge in [-0.05, 0) is 50.7 Å². The number of H-pyrrole nitrogens is 1. The molecule has 0 amide bonds. The fourth-order valence-corrected chi connectivity index (χ4v) is 4.54. The van der Waals surface area contributed by atoms with Crippen LogP contribution in [0.2, 0.25) is 5.02 Å². The SMILES string of the molecule is CN1CCC(n2c(=O)[nH]c3scc(-c4ccc(Cl)cc4)c3c2=O)CC1. The van der Waals surface area contributed by atoms with Gasteiger partial charge in [-0.3, -0.25) is 14.3 Å². The normalized spacial score (nSPS) is 16.6. The van der Waals surface area contributed by atoms with Gasteiger partial charge in [-0.15, -0.1) is 11.3 Å². The Morgan fingerprint density at radius 3 is 2.52 bits per heavy atom. The molecule has 0 bridgehead atoms. The fourth-order valence-electron chi connectivity index (χ4n) is 3.46. The van der Waals surface area contributed by atoms with E-state index in [4.69, 9.17) is 11.6 Å². The van der Waals surface area contributed by atoms with E-state index in [2.05, 4.69) is 16.9 Å². The second kappa shape index (κ2) is 6.44. The van der Waals surface area contributed by atoms with Crippen LogP contribution in [0.5, 0.6) is 0 Å². The molecule has 1 N–H and O–H groups in total. The molecule has 7 heteroatoms. The largest absolute Gasteiger partial charge is 0.329 e. The van der Waals surface area contributed by atoms with E-state index in [-0.39, 0.29) is 17.3 Å². The zero-order valence-corrected chi connectivity index (χ0v) is 15.4. The third-order valence-electron chi connectivity index (χ3n) is 4.87. The first-order valence-electron chi connectivity index (χ1n) is 8.25. The highest BCUT2D eigenvalue weighted by Crippen LogP contribution is 2.31. The summed E-state index contributed by atoms with van der Waals surface area (Å²) in [4.78, 5) is 31.4. The molecular weight excluding hydrogens is 358 g/mol. The number of nitrogens with zero attached hydrogens (tertiary/aromatic N) is 2. The standard InChI is InChI=1S/C18H18ClN3O2S/c1-21-8-6-13(7-9-21)22-17(23)15-14(10-25-16(15)20-18(22)24)11-2-4-12(19)5-3-11/h2-5,10,13H,6-9H2,1H3,(H,20,24). The minimum atomic E-state index is -0.309. The van der Waals surface area contributed by atoms with Gasteiger partial charge in [0.1, 0.15) is 4.83 Å². The molecule has 3 heterocycles. The van der Waals surface area contributed by atoms with Crippen LogP contribution in [0.1, 0.15) is 18.9 Å². The number of benzene rings is 1. The van der Waals surface area contributed by atoms with Gasteiger partial charge in [-0.25, -0.2) is 4.79 Å². The molecule has 25 heavy (non-hydrogen) atoms. The molecule has 0 unspecified atom stereocenters. The molecule has 130 valence electrons. The van der Waals surface area contributed by atoms with Crippen LogP contribution < -0.4 is 11.2 Å². The smallest absolute Gasteiger partial charge is 0.306 e. The number of halogens is 1. The molecule has 1 aromatic carbocycles. The van der Waals surface area contributed by atoms with E-state index in [1.165, 1.54) is 15.9 Å². The number of aromatic nitrogens is 2. The van der Waals surface area contributed by atoms with Crippen LogP contribution in [0.4, 0.5) is 0 Å². The summed E-state index contributed by atoms with van der Waals surface area (Å²) in [6, 6.07) is 7.36. The minimum Gasteiger partial charge on any atom is -0.306 e. The van der Waals surface area contributed by atoms with Crippen molar-refractivity contribution in [2.24, 2.45) is 0 Å². The van der Waals surface area contributed by atoms with Crippen molar-refractivity contribution in [3.63, 3.8) is 0 Å². The Labute approximate surface area is 153 Å². The third-order valence-corrected chi connectivity index (χ3v) is 6.02. The molecule has 0 spiro atoms. The summed E-state index contributed by atoms with van der Waals surface area (Å²) >= 11 is 7.35. The minimum absolute atomic E-state index is 0.0465. The summed E-state index contributed by atoms with van der Waals surface area (Å²) in [5.41, 5.74) is 1.27. The first-order valence-corrected chi connectivity index (χ1v) is 9.51. The van der Waals surface area contributed by atoms with Crippen molar-refractivity contribution in [2.45, 2.75) is 18.9 Å². The van der Waals surface area contributed by atoms with Crippen LogP contribution in [-0.2, 0) is 0 Å². The van der Waals surface area contributed by atoms with Gasteiger partial charge in [0.2, 0.25) is 0 Å². The number of hydrogen-bond acceptors (Lipinski definition) is 4. The third kappa shape index (κ3) is 2.94. The summed E-state index contributed by atoms with van der Waals surface area (Å²) in [5, 5.41) is 3.16. The molecule has 0 radical (unpaired) electrons. The summed E-state index contributed by atoms with van der Waals surface area (Å²) in [5.74, 6) is 0. The summed E-state index contributed by atoms with van der Waals surface area (Å²) in [6.45, 7) is 1.78. The van der Waals surface area contributed by atoms with Crippen molar-refractivity contribution >= 4 is 33.2 Å². The monoisotopic (exact) mass is 375 g/mol. The topological polar surface area (TPSA) is 58.1 Å². The van der Waals surface area contributed by atoms with Crippen LogP contribution in [0.25, 0.3) is 21.3 Å². The number of piperidine rings is 1. The molecule has 3 aromatic rings. The van der Waals surface area contributed by atoms with E-state index < -0.39 is 0 Å². The Bertz CT molecular complexity index is 1030. The second-order valence-electron chi connectivity index (χ2n) is 6.50. The van der Waals surface area contributed by atoms with Gasteiger partial charge in [0.25, 0.3) is 5.56 Å². The Balaban J connectivity index is 1.88. The van der Waals surface area contributed by atoms with Gasteiger partial charge < -0.3 is 4.90 Å². The van der Waals surface area contributed by atoms with Gasteiger partial charge in [0.05, 0.1) is 5.39 Å². The van der Waals surface area contributed by atoms with Gasteiger partial charge in [-0.1, -0.05) is 23.7 Å². The highest BCUT2D eigenvalue weighted by atomic mass is 35.5. The molecule has 0 saturated carbocycles. The highest BCUT2D eigenvalue weighted by molar-refractivity contribution is 7.17. The van der Waals surface area contributed by atoms with E-state index in [0.717, 1.165) is 37.1 Å². The molecule has 1 saturated heterocycles. The van der Waals surface area contributed by atoms with Crippen molar-refractivity contribution in [1.82, 2.24) is 14.5 Å². The van der Waals surface area contributed by atoms with Gasteiger partial charge >= 0.3 is 5.69 Å². The molecule has 1 aliphatic rings. The number of hydrogen-bond donors (Lipinski definition) is 1. The Morgan fingerprint density at radius 2 is 1.84 bits per heavy atom. The number of fused-ring (bicyclic) bond motifs is 1. The van der Waals surface area contributed by atoms with Crippen LogP contribution in [0.3, 0.4) is 0 Å². The molecule has 0 aliphatic carbocycles. The Kier molecular flexibility index (Phi) is 4.27. The highest BCUT2D eigenvalue weighted by Gasteiger charge is 2.23. The Morgan fingerprint density at radius 1 is 1.16 bits per heavy atom. The lowest BCUT2D eigenvalue weighted by atomic mass is 10.0.